The van der Waals surface area contributed by atoms with Gasteiger partial charge in [-0.2, -0.15) is 0 Å². The zero-order chi connectivity index (χ0) is 23.9. The summed E-state index contributed by atoms with van der Waals surface area (Å²) in [5, 5.41) is 6.11. The Kier molecular flexibility index (Phi) is 8.19. The number of hydrogen-bond acceptors (Lipinski definition) is 5. The minimum atomic E-state index is -0.0306. The van der Waals surface area contributed by atoms with Crippen LogP contribution in [0.1, 0.15) is 48.2 Å². The Bertz CT molecular complexity index is 1140. The molecular weight excluding hydrogens is 446 g/mol. The highest BCUT2D eigenvalue weighted by Crippen LogP contribution is 2.32. The van der Waals surface area contributed by atoms with Gasteiger partial charge in [-0.05, 0) is 69.4 Å². The lowest BCUT2D eigenvalue weighted by Crippen LogP contribution is -2.25. The van der Waals surface area contributed by atoms with E-state index in [9.17, 15) is 4.79 Å². The van der Waals surface area contributed by atoms with Gasteiger partial charge in [-0.15, -0.1) is 11.3 Å². The van der Waals surface area contributed by atoms with E-state index in [1.165, 1.54) is 24.8 Å². The third kappa shape index (κ3) is 5.59. The fourth-order valence-corrected chi connectivity index (χ4v) is 5.20. The lowest BCUT2D eigenvalue weighted by Gasteiger charge is -2.13. The molecule has 34 heavy (non-hydrogen) atoms. The van der Waals surface area contributed by atoms with Gasteiger partial charge in [0, 0.05) is 36.8 Å². The summed E-state index contributed by atoms with van der Waals surface area (Å²) in [4.78, 5) is 17.9. The number of allylic oxidation sites excluding steroid dienone is 1. The van der Waals surface area contributed by atoms with Crippen LogP contribution in [0.15, 0.2) is 47.4 Å². The Morgan fingerprint density at radius 2 is 2.03 bits per heavy atom. The molecule has 7 heteroatoms. The van der Waals surface area contributed by atoms with Crippen molar-refractivity contribution in [1.29, 1.82) is 0 Å². The summed E-state index contributed by atoms with van der Waals surface area (Å²) in [6.07, 6.45) is 8.13. The molecule has 0 spiro atoms. The summed E-state index contributed by atoms with van der Waals surface area (Å²) in [7, 11) is 3.35. The second-order valence-electron chi connectivity index (χ2n) is 8.55. The van der Waals surface area contributed by atoms with Gasteiger partial charge in [-0.1, -0.05) is 11.6 Å². The van der Waals surface area contributed by atoms with E-state index < -0.39 is 0 Å². The first-order chi connectivity index (χ1) is 16.6. The lowest BCUT2D eigenvalue weighted by atomic mass is 9.97. The van der Waals surface area contributed by atoms with Crippen molar-refractivity contribution in [2.45, 2.75) is 45.6 Å². The van der Waals surface area contributed by atoms with Crippen LogP contribution in [0, 0.1) is 6.92 Å². The monoisotopic (exact) mass is 479 g/mol. The number of amides is 1. The van der Waals surface area contributed by atoms with Gasteiger partial charge in [0.05, 0.1) is 30.7 Å². The number of aromatic nitrogens is 2. The Morgan fingerprint density at radius 3 is 2.74 bits per heavy atom. The van der Waals surface area contributed by atoms with Crippen molar-refractivity contribution in [1.82, 2.24) is 14.9 Å². The largest absolute Gasteiger partial charge is 0.497 e. The Labute approximate surface area is 205 Å². The van der Waals surface area contributed by atoms with Crippen LogP contribution >= 0.6 is 11.3 Å². The van der Waals surface area contributed by atoms with Crippen LogP contribution in [0.25, 0.3) is 22.0 Å². The predicted octanol–water partition coefficient (Wildman–Crippen LogP) is 5.86. The van der Waals surface area contributed by atoms with E-state index in [-0.39, 0.29) is 5.91 Å². The molecule has 1 aliphatic rings. The maximum absolute atomic E-state index is 13.1. The number of thiazole rings is 1. The second kappa shape index (κ2) is 11.5. The number of benzene rings is 1. The van der Waals surface area contributed by atoms with E-state index in [2.05, 4.69) is 21.3 Å². The number of nitrogens with zero attached hydrogens (tertiary/aromatic N) is 2. The molecule has 0 fully saturated rings. The van der Waals surface area contributed by atoms with Crippen molar-refractivity contribution >= 4 is 17.2 Å². The van der Waals surface area contributed by atoms with E-state index in [1.54, 1.807) is 25.6 Å². The quantitative estimate of drug-likeness (QED) is 0.370. The number of ether oxygens (including phenoxy) is 2. The van der Waals surface area contributed by atoms with E-state index in [0.717, 1.165) is 46.2 Å². The Balaban J connectivity index is 1.54. The maximum atomic E-state index is 13.1. The van der Waals surface area contributed by atoms with Gasteiger partial charge in [0.15, 0.2) is 0 Å². The molecule has 1 N–H and O–H groups in total. The molecule has 6 nitrogen and oxygen atoms in total. The molecule has 0 saturated carbocycles. The van der Waals surface area contributed by atoms with Crippen LogP contribution in [0.4, 0.5) is 0 Å². The molecule has 0 saturated heterocycles. The topological polar surface area (TPSA) is 65.4 Å². The fourth-order valence-electron chi connectivity index (χ4n) is 4.38. The van der Waals surface area contributed by atoms with Gasteiger partial charge in [0.1, 0.15) is 10.8 Å². The molecule has 1 amide bonds. The molecule has 0 atom stereocenters. The van der Waals surface area contributed by atoms with Gasteiger partial charge in [-0.25, -0.2) is 4.98 Å². The second-order valence-corrected chi connectivity index (χ2v) is 9.41. The van der Waals surface area contributed by atoms with E-state index in [4.69, 9.17) is 14.5 Å². The van der Waals surface area contributed by atoms with E-state index >= 15 is 0 Å². The summed E-state index contributed by atoms with van der Waals surface area (Å²) in [6.45, 7) is 3.88. The summed E-state index contributed by atoms with van der Waals surface area (Å²) in [6, 6.07) is 9.86. The number of carbonyl (C=O) groups excluding carboxylic acids is 1. The van der Waals surface area contributed by atoms with Gasteiger partial charge in [0.25, 0.3) is 5.91 Å². The number of carbonyl (C=O) groups is 1. The van der Waals surface area contributed by atoms with Gasteiger partial charge < -0.3 is 19.4 Å². The van der Waals surface area contributed by atoms with Gasteiger partial charge in [0.2, 0.25) is 0 Å². The summed E-state index contributed by atoms with van der Waals surface area (Å²) >= 11 is 1.59. The highest BCUT2D eigenvalue weighted by molar-refractivity contribution is 7.13. The zero-order valence-electron chi connectivity index (χ0n) is 20.2. The molecule has 4 rings (SSSR count). The van der Waals surface area contributed by atoms with Crippen LogP contribution in [0.3, 0.4) is 0 Å². The van der Waals surface area contributed by atoms with Crippen molar-refractivity contribution in [2.24, 2.45) is 0 Å². The molecule has 180 valence electrons. The standard InChI is InChI=1S/C27H33N3O3S/c1-19-23(26(31)28-14-13-20-7-5-4-6-8-20)17-25(30(19)15-16-32-2)24-18-34-27(29-24)21-9-11-22(33-3)12-10-21/h7,9-12,17-18H,4-6,8,13-16H2,1-3H3,(H,28,31). The van der Waals surface area contributed by atoms with Crippen LogP contribution < -0.4 is 10.1 Å². The molecular formula is C27H33N3O3S. The minimum absolute atomic E-state index is 0.0306. The Hall–Kier alpha value is -2.90. The first kappa shape index (κ1) is 24.2. The predicted molar refractivity (Wildman–Crippen MR) is 138 cm³/mol. The molecule has 2 aromatic heterocycles. The van der Waals surface area contributed by atoms with Crippen molar-refractivity contribution in [3.63, 3.8) is 0 Å². The molecule has 0 bridgehead atoms. The SMILES string of the molecule is COCCn1c(-c2csc(-c3ccc(OC)cc3)n2)cc(C(=O)NCCC2=CCCCC2)c1C. The van der Waals surface area contributed by atoms with Crippen molar-refractivity contribution in [3.8, 4) is 27.7 Å². The van der Waals surface area contributed by atoms with Crippen LogP contribution in [0.2, 0.25) is 0 Å². The third-order valence-electron chi connectivity index (χ3n) is 6.35. The van der Waals surface area contributed by atoms with Crippen LogP contribution in [-0.2, 0) is 11.3 Å². The number of rotatable bonds is 10. The lowest BCUT2D eigenvalue weighted by molar-refractivity contribution is 0.0953. The molecule has 1 aromatic carbocycles. The maximum Gasteiger partial charge on any atom is 0.253 e. The Morgan fingerprint density at radius 1 is 1.21 bits per heavy atom. The average molecular weight is 480 g/mol. The van der Waals surface area contributed by atoms with E-state index in [0.29, 0.717) is 25.3 Å². The molecule has 3 aromatic rings. The number of methoxy groups -OCH3 is 2. The highest BCUT2D eigenvalue weighted by atomic mass is 32.1. The minimum Gasteiger partial charge on any atom is -0.497 e. The molecule has 0 unspecified atom stereocenters. The van der Waals surface area contributed by atoms with Crippen molar-refractivity contribution in [2.75, 3.05) is 27.4 Å². The fraction of sp³-hybridized carbons (Fsp3) is 0.407. The number of nitrogens with one attached hydrogen (secondary N) is 1. The normalized spacial score (nSPS) is 13.6. The van der Waals surface area contributed by atoms with Gasteiger partial charge >= 0.3 is 0 Å². The summed E-state index contributed by atoms with van der Waals surface area (Å²) in [5.74, 6) is 0.789. The first-order valence-electron chi connectivity index (χ1n) is 11.9. The highest BCUT2D eigenvalue weighted by Gasteiger charge is 2.20. The molecule has 2 heterocycles. The first-order valence-corrected chi connectivity index (χ1v) is 12.7. The van der Waals surface area contributed by atoms with Crippen molar-refractivity contribution in [3.05, 3.63) is 58.6 Å². The van der Waals surface area contributed by atoms with Gasteiger partial charge in [-0.3, -0.25) is 4.79 Å². The molecule has 0 aliphatic heterocycles. The smallest absolute Gasteiger partial charge is 0.253 e. The zero-order valence-corrected chi connectivity index (χ0v) is 21.0. The summed E-state index contributed by atoms with van der Waals surface area (Å²) in [5.41, 5.74) is 5.93. The summed E-state index contributed by atoms with van der Waals surface area (Å²) < 4.78 is 12.7. The van der Waals surface area contributed by atoms with Crippen LogP contribution in [0.5, 0.6) is 5.75 Å². The van der Waals surface area contributed by atoms with Crippen LogP contribution in [-0.4, -0.2) is 42.8 Å². The van der Waals surface area contributed by atoms with E-state index in [1.807, 2.05) is 37.3 Å². The van der Waals surface area contributed by atoms with Crippen molar-refractivity contribution < 1.29 is 14.3 Å². The third-order valence-corrected chi connectivity index (χ3v) is 7.24. The molecule has 0 radical (unpaired) electrons. The number of hydrogen-bond donors (Lipinski definition) is 1. The average Bonchev–Trinajstić information content (AvgIpc) is 3.48. The molecule has 1 aliphatic carbocycles.